The summed E-state index contributed by atoms with van der Waals surface area (Å²) in [7, 11) is 1.61. The fourth-order valence-electron chi connectivity index (χ4n) is 3.25. The van der Waals surface area contributed by atoms with E-state index in [0.717, 1.165) is 25.1 Å². The molecule has 1 fully saturated rings. The summed E-state index contributed by atoms with van der Waals surface area (Å²) in [5.74, 6) is 0.496. The Labute approximate surface area is 154 Å². The Morgan fingerprint density at radius 1 is 1.12 bits per heavy atom. The number of carbonyl (C=O) groups excluding carboxylic acids is 2. The maximum Gasteiger partial charge on any atom is 0.255 e. The van der Waals surface area contributed by atoms with E-state index in [-0.39, 0.29) is 11.8 Å². The average molecular weight is 351 g/mol. The van der Waals surface area contributed by atoms with Crippen molar-refractivity contribution < 1.29 is 9.59 Å². The predicted molar refractivity (Wildman–Crippen MR) is 103 cm³/mol. The molecule has 1 heterocycles. The van der Waals surface area contributed by atoms with Crippen LogP contribution in [0.15, 0.2) is 48.5 Å². The zero-order valence-corrected chi connectivity index (χ0v) is 15.0. The third-order valence-corrected chi connectivity index (χ3v) is 4.73. The molecule has 1 saturated heterocycles. The predicted octanol–water partition coefficient (Wildman–Crippen LogP) is 2.38. The van der Waals surface area contributed by atoms with E-state index in [1.54, 1.807) is 7.05 Å². The minimum absolute atomic E-state index is 0.0541. The molecule has 5 nitrogen and oxygen atoms in total. The van der Waals surface area contributed by atoms with Gasteiger partial charge in [0.25, 0.3) is 5.91 Å². The monoisotopic (exact) mass is 351 g/mol. The summed E-state index contributed by atoms with van der Waals surface area (Å²) >= 11 is 0. The van der Waals surface area contributed by atoms with E-state index >= 15 is 0 Å². The molecule has 2 amide bonds. The summed E-state index contributed by atoms with van der Waals surface area (Å²) in [6, 6.07) is 15.2. The summed E-state index contributed by atoms with van der Waals surface area (Å²) in [5.41, 5.74) is 3.46. The van der Waals surface area contributed by atoms with Gasteiger partial charge in [0.15, 0.2) is 0 Å². The lowest BCUT2D eigenvalue weighted by Crippen LogP contribution is -2.20. The van der Waals surface area contributed by atoms with Crippen molar-refractivity contribution >= 4 is 17.5 Å². The van der Waals surface area contributed by atoms with Gasteiger partial charge in [-0.25, -0.2) is 0 Å². The zero-order valence-electron chi connectivity index (χ0n) is 15.0. The van der Waals surface area contributed by atoms with Crippen LogP contribution in [0.3, 0.4) is 0 Å². The molecule has 2 aromatic rings. The molecule has 3 rings (SSSR count). The lowest BCUT2D eigenvalue weighted by Gasteiger charge is -2.10. The van der Waals surface area contributed by atoms with Crippen molar-refractivity contribution in [2.45, 2.75) is 19.3 Å². The molecule has 0 aliphatic carbocycles. The van der Waals surface area contributed by atoms with E-state index in [0.29, 0.717) is 23.6 Å². The molecule has 136 valence electrons. The highest BCUT2D eigenvalue weighted by atomic mass is 16.2. The number of benzene rings is 2. The third-order valence-electron chi connectivity index (χ3n) is 4.73. The number of nitrogens with one attached hydrogen (secondary N) is 3. The van der Waals surface area contributed by atoms with Crippen LogP contribution in [0.4, 0.5) is 5.69 Å². The first-order valence-electron chi connectivity index (χ1n) is 9.04. The van der Waals surface area contributed by atoms with Gasteiger partial charge in [0, 0.05) is 18.3 Å². The number of anilines is 1. The molecule has 2 aromatic carbocycles. The van der Waals surface area contributed by atoms with Crippen LogP contribution in [0.5, 0.6) is 0 Å². The Bertz CT molecular complexity index is 765. The van der Waals surface area contributed by atoms with Crippen molar-refractivity contribution in [2.24, 2.45) is 5.92 Å². The van der Waals surface area contributed by atoms with Crippen molar-refractivity contribution in [2.75, 3.05) is 25.5 Å². The second-order valence-electron chi connectivity index (χ2n) is 6.76. The second-order valence-corrected chi connectivity index (χ2v) is 6.76. The van der Waals surface area contributed by atoms with Crippen molar-refractivity contribution in [3.8, 4) is 0 Å². The van der Waals surface area contributed by atoms with Gasteiger partial charge in [-0.3, -0.25) is 9.59 Å². The van der Waals surface area contributed by atoms with Crippen molar-refractivity contribution in [1.29, 1.82) is 0 Å². The molecule has 0 aromatic heterocycles. The average Bonchev–Trinajstić information content (AvgIpc) is 3.15. The van der Waals surface area contributed by atoms with Crippen molar-refractivity contribution in [3.05, 3.63) is 65.2 Å². The van der Waals surface area contributed by atoms with Gasteiger partial charge in [0.1, 0.15) is 0 Å². The van der Waals surface area contributed by atoms with Crippen LogP contribution in [-0.2, 0) is 17.6 Å². The molecule has 1 aliphatic rings. The summed E-state index contributed by atoms with van der Waals surface area (Å²) in [5, 5.41) is 8.88. The first-order valence-corrected chi connectivity index (χ1v) is 9.04. The van der Waals surface area contributed by atoms with Gasteiger partial charge in [0.05, 0.1) is 6.42 Å². The van der Waals surface area contributed by atoms with Crippen LogP contribution in [0.25, 0.3) is 0 Å². The molecule has 0 bridgehead atoms. The summed E-state index contributed by atoms with van der Waals surface area (Å²) in [6.45, 7) is 2.18. The van der Waals surface area contributed by atoms with Gasteiger partial charge < -0.3 is 16.0 Å². The van der Waals surface area contributed by atoms with Crippen LogP contribution in [-0.4, -0.2) is 32.0 Å². The number of likely N-dealkylation sites (N-methyl/N-ethyl adjacent to an activating group) is 1. The molecule has 1 unspecified atom stereocenters. The molecule has 0 radical (unpaired) electrons. The van der Waals surface area contributed by atoms with Crippen molar-refractivity contribution in [1.82, 2.24) is 10.6 Å². The first-order chi connectivity index (χ1) is 12.6. The SMILES string of the molecule is CNC(=O)Cc1cccc(NC(=O)c2ccc(CC3CCNC3)cc2)c1. The first kappa shape index (κ1) is 18.1. The van der Waals surface area contributed by atoms with Crippen LogP contribution < -0.4 is 16.0 Å². The highest BCUT2D eigenvalue weighted by Crippen LogP contribution is 2.17. The van der Waals surface area contributed by atoms with E-state index in [9.17, 15) is 9.59 Å². The molecule has 5 heteroatoms. The van der Waals surface area contributed by atoms with Crippen molar-refractivity contribution in [3.63, 3.8) is 0 Å². The topological polar surface area (TPSA) is 70.2 Å². The fourth-order valence-corrected chi connectivity index (χ4v) is 3.25. The third kappa shape index (κ3) is 4.92. The Balaban J connectivity index is 1.60. The van der Waals surface area contributed by atoms with Gasteiger partial charge in [-0.05, 0) is 67.2 Å². The Morgan fingerprint density at radius 2 is 1.92 bits per heavy atom. The highest BCUT2D eigenvalue weighted by molar-refractivity contribution is 6.04. The number of hydrogen-bond donors (Lipinski definition) is 3. The number of amides is 2. The van der Waals surface area contributed by atoms with Crippen LogP contribution >= 0.6 is 0 Å². The Hall–Kier alpha value is -2.66. The smallest absolute Gasteiger partial charge is 0.255 e. The molecule has 3 N–H and O–H groups in total. The standard InChI is InChI=1S/C21H25N3O2/c1-22-20(25)13-16-3-2-4-19(12-16)24-21(26)18-7-5-15(6-8-18)11-17-9-10-23-14-17/h2-8,12,17,23H,9-11,13-14H2,1H3,(H,22,25)(H,24,26). The molecule has 0 spiro atoms. The van der Waals surface area contributed by atoms with E-state index in [1.807, 2.05) is 48.5 Å². The normalized spacial score (nSPS) is 16.3. The number of rotatable bonds is 6. The maximum atomic E-state index is 12.5. The van der Waals surface area contributed by atoms with E-state index in [2.05, 4.69) is 16.0 Å². The molecule has 0 saturated carbocycles. The zero-order chi connectivity index (χ0) is 18.4. The lowest BCUT2D eigenvalue weighted by atomic mass is 9.98. The molecular formula is C21H25N3O2. The van der Waals surface area contributed by atoms with E-state index in [1.165, 1.54) is 12.0 Å². The van der Waals surface area contributed by atoms with Gasteiger partial charge in [-0.1, -0.05) is 24.3 Å². The molecule has 1 atom stereocenters. The second kappa shape index (κ2) is 8.63. The highest BCUT2D eigenvalue weighted by Gasteiger charge is 2.15. The minimum atomic E-state index is -0.142. The fraction of sp³-hybridized carbons (Fsp3) is 0.333. The lowest BCUT2D eigenvalue weighted by molar-refractivity contribution is -0.119. The molecular weight excluding hydrogens is 326 g/mol. The van der Waals surface area contributed by atoms with Crippen LogP contribution in [0, 0.1) is 5.92 Å². The minimum Gasteiger partial charge on any atom is -0.359 e. The Morgan fingerprint density at radius 3 is 2.62 bits per heavy atom. The van der Waals surface area contributed by atoms with Gasteiger partial charge in [-0.15, -0.1) is 0 Å². The van der Waals surface area contributed by atoms with Gasteiger partial charge in [-0.2, -0.15) is 0 Å². The van der Waals surface area contributed by atoms with E-state index in [4.69, 9.17) is 0 Å². The van der Waals surface area contributed by atoms with Crippen LogP contribution in [0.1, 0.15) is 27.9 Å². The molecule has 26 heavy (non-hydrogen) atoms. The van der Waals surface area contributed by atoms with Gasteiger partial charge >= 0.3 is 0 Å². The summed E-state index contributed by atoms with van der Waals surface area (Å²) in [6.07, 6.45) is 2.57. The number of hydrogen-bond acceptors (Lipinski definition) is 3. The van der Waals surface area contributed by atoms with Gasteiger partial charge in [0.2, 0.25) is 5.91 Å². The number of carbonyl (C=O) groups is 2. The van der Waals surface area contributed by atoms with E-state index < -0.39 is 0 Å². The Kier molecular flexibility index (Phi) is 6.02. The summed E-state index contributed by atoms with van der Waals surface area (Å²) < 4.78 is 0. The maximum absolute atomic E-state index is 12.5. The van der Waals surface area contributed by atoms with Crippen LogP contribution in [0.2, 0.25) is 0 Å². The quantitative estimate of drug-likeness (QED) is 0.748. The largest absolute Gasteiger partial charge is 0.359 e. The molecule has 1 aliphatic heterocycles. The summed E-state index contributed by atoms with van der Waals surface area (Å²) in [4.78, 5) is 23.9.